The van der Waals surface area contributed by atoms with E-state index in [0.29, 0.717) is 27.9 Å². The van der Waals surface area contributed by atoms with Crippen LogP contribution < -0.4 is 9.64 Å². The number of carbonyl (C=O) groups is 2. The zero-order valence-corrected chi connectivity index (χ0v) is 20.9. The number of aromatic amines is 1. The molecule has 0 aliphatic carbocycles. The van der Waals surface area contributed by atoms with Crippen LogP contribution in [-0.2, 0) is 15.0 Å². The van der Waals surface area contributed by atoms with Crippen LogP contribution in [0.3, 0.4) is 0 Å². The van der Waals surface area contributed by atoms with Crippen LogP contribution in [0.2, 0.25) is 0 Å². The Morgan fingerprint density at radius 2 is 1.73 bits per heavy atom. The number of aliphatic hydroxyl groups excluding tert-OH is 1. The Balaban J connectivity index is 1.73. The van der Waals surface area contributed by atoms with Gasteiger partial charge in [0.2, 0.25) is 5.95 Å². The predicted molar refractivity (Wildman–Crippen MR) is 141 cm³/mol. The summed E-state index contributed by atoms with van der Waals surface area (Å²) in [4.78, 5) is 35.8. The van der Waals surface area contributed by atoms with Gasteiger partial charge in [-0.3, -0.25) is 14.5 Å². The third-order valence-corrected chi connectivity index (χ3v) is 6.54. The summed E-state index contributed by atoms with van der Waals surface area (Å²) in [7, 11) is 1.58. The van der Waals surface area contributed by atoms with Crippen LogP contribution >= 0.6 is 0 Å². The van der Waals surface area contributed by atoms with Crippen molar-refractivity contribution in [2.75, 3.05) is 12.0 Å². The summed E-state index contributed by atoms with van der Waals surface area (Å²) in [5.41, 5.74) is 2.72. The van der Waals surface area contributed by atoms with E-state index in [-0.39, 0.29) is 28.4 Å². The Morgan fingerprint density at radius 3 is 2.38 bits per heavy atom. The lowest BCUT2D eigenvalue weighted by molar-refractivity contribution is -0.132. The van der Waals surface area contributed by atoms with E-state index in [0.717, 1.165) is 5.56 Å². The fourth-order valence-electron chi connectivity index (χ4n) is 4.67. The lowest BCUT2D eigenvalue weighted by Gasteiger charge is -2.24. The second-order valence-electron chi connectivity index (χ2n) is 10.0. The number of hydrogen-bond acceptors (Lipinski definition) is 6. The van der Waals surface area contributed by atoms with Crippen LogP contribution in [0.25, 0.3) is 16.8 Å². The maximum Gasteiger partial charge on any atom is 0.302 e. The fraction of sp³-hybridized carbons (Fsp3) is 0.207. The van der Waals surface area contributed by atoms with Gasteiger partial charge in [-0.25, -0.2) is 4.98 Å². The number of nitrogens with zero attached hydrogens (tertiary/aromatic N) is 2. The Kier molecular flexibility index (Phi) is 5.75. The third kappa shape index (κ3) is 4.10. The van der Waals surface area contributed by atoms with Crippen molar-refractivity contribution in [3.8, 4) is 11.5 Å². The molecular formula is C29H27N3O5. The number of aliphatic hydroxyl groups is 1. The molecule has 3 N–H and O–H groups in total. The average molecular weight is 498 g/mol. The topological polar surface area (TPSA) is 116 Å². The first-order chi connectivity index (χ1) is 17.6. The predicted octanol–water partition coefficient (Wildman–Crippen LogP) is 5.20. The van der Waals surface area contributed by atoms with Gasteiger partial charge in [-0.1, -0.05) is 45.0 Å². The van der Waals surface area contributed by atoms with E-state index in [4.69, 9.17) is 4.74 Å². The number of phenols is 1. The summed E-state index contributed by atoms with van der Waals surface area (Å²) in [6, 6.07) is 17.7. The molecule has 1 atom stereocenters. The second-order valence-corrected chi connectivity index (χ2v) is 10.0. The number of aromatic hydroxyl groups is 1. The van der Waals surface area contributed by atoms with E-state index in [1.54, 1.807) is 43.5 Å². The average Bonchev–Trinajstić information content (AvgIpc) is 3.41. The quantitative estimate of drug-likeness (QED) is 0.203. The van der Waals surface area contributed by atoms with E-state index in [9.17, 15) is 19.8 Å². The van der Waals surface area contributed by atoms with Crippen molar-refractivity contribution in [1.29, 1.82) is 0 Å². The van der Waals surface area contributed by atoms with Crippen LogP contribution in [0, 0.1) is 0 Å². The molecular weight excluding hydrogens is 470 g/mol. The van der Waals surface area contributed by atoms with E-state index < -0.39 is 17.7 Å². The SMILES string of the molecule is COc1ccc(/C(O)=C2\C(=O)C(=O)N(c3nc4ccccc4[nH]3)C2c2ccc(O)cc2)cc1C(C)(C)C. The number of carbonyl (C=O) groups excluding carboxylic acids is 2. The summed E-state index contributed by atoms with van der Waals surface area (Å²) in [5, 5.41) is 21.4. The number of aromatic nitrogens is 2. The number of rotatable bonds is 4. The number of imidazole rings is 1. The van der Waals surface area contributed by atoms with Crippen molar-refractivity contribution in [2.45, 2.75) is 32.2 Å². The van der Waals surface area contributed by atoms with Crippen LogP contribution in [0.1, 0.15) is 43.5 Å². The first-order valence-corrected chi connectivity index (χ1v) is 11.8. The summed E-state index contributed by atoms with van der Waals surface area (Å²) >= 11 is 0. The van der Waals surface area contributed by atoms with E-state index in [1.165, 1.54) is 17.0 Å². The molecule has 1 fully saturated rings. The largest absolute Gasteiger partial charge is 0.508 e. The highest BCUT2D eigenvalue weighted by Gasteiger charge is 2.48. The van der Waals surface area contributed by atoms with Crippen molar-refractivity contribution in [2.24, 2.45) is 0 Å². The Labute approximate surface area is 213 Å². The van der Waals surface area contributed by atoms with E-state index in [1.807, 2.05) is 39.0 Å². The number of nitrogens with one attached hydrogen (secondary N) is 1. The third-order valence-electron chi connectivity index (χ3n) is 6.54. The molecule has 1 aliphatic rings. The maximum absolute atomic E-state index is 13.4. The molecule has 0 saturated carbocycles. The van der Waals surface area contributed by atoms with Crippen LogP contribution in [-0.4, -0.2) is 39.0 Å². The molecule has 1 saturated heterocycles. The van der Waals surface area contributed by atoms with Crippen LogP contribution in [0.4, 0.5) is 5.95 Å². The molecule has 1 aliphatic heterocycles. The standard InChI is InChI=1S/C29H27N3O5/c1-29(2,3)19-15-17(11-14-22(19)37-4)25(34)23-24(16-9-12-18(33)13-10-16)32(27(36)26(23)35)28-30-20-7-5-6-8-21(20)31-28/h5-15,24,33-34H,1-4H3,(H,30,31)/b25-23+. The van der Waals surface area contributed by atoms with Crippen molar-refractivity contribution < 1.29 is 24.5 Å². The van der Waals surface area contributed by atoms with E-state index >= 15 is 0 Å². The van der Waals surface area contributed by atoms with Gasteiger partial charge in [-0.2, -0.15) is 0 Å². The minimum atomic E-state index is -0.971. The van der Waals surface area contributed by atoms with Gasteiger partial charge in [0.1, 0.15) is 17.3 Å². The molecule has 5 rings (SSSR count). The molecule has 37 heavy (non-hydrogen) atoms. The minimum Gasteiger partial charge on any atom is -0.508 e. The number of ether oxygens (including phenoxy) is 1. The van der Waals surface area contributed by atoms with Crippen molar-refractivity contribution in [3.63, 3.8) is 0 Å². The maximum atomic E-state index is 13.4. The van der Waals surface area contributed by atoms with Gasteiger partial charge in [0.15, 0.2) is 0 Å². The number of ketones is 1. The van der Waals surface area contributed by atoms with Gasteiger partial charge in [0.25, 0.3) is 5.78 Å². The number of amides is 1. The number of hydrogen-bond donors (Lipinski definition) is 3. The molecule has 1 unspecified atom stereocenters. The van der Waals surface area contributed by atoms with Gasteiger partial charge < -0.3 is 19.9 Å². The number of Topliss-reactive ketones (excluding diaryl/α,β-unsaturated/α-hetero) is 1. The molecule has 8 heteroatoms. The highest BCUT2D eigenvalue weighted by molar-refractivity contribution is 6.51. The number of methoxy groups -OCH3 is 1. The molecule has 1 amide bonds. The molecule has 0 radical (unpaired) electrons. The lowest BCUT2D eigenvalue weighted by Crippen LogP contribution is -2.30. The highest BCUT2D eigenvalue weighted by Crippen LogP contribution is 2.43. The Hall–Kier alpha value is -4.59. The summed E-state index contributed by atoms with van der Waals surface area (Å²) in [6.45, 7) is 6.06. The fourth-order valence-corrected chi connectivity index (χ4v) is 4.67. The van der Waals surface area contributed by atoms with Crippen LogP contribution in [0.5, 0.6) is 11.5 Å². The van der Waals surface area contributed by atoms with E-state index in [2.05, 4.69) is 9.97 Å². The second kappa shape index (κ2) is 8.81. The van der Waals surface area contributed by atoms with Gasteiger partial charge >= 0.3 is 5.91 Å². The molecule has 8 nitrogen and oxygen atoms in total. The van der Waals surface area contributed by atoms with Gasteiger partial charge in [-0.05, 0) is 53.4 Å². The number of phenolic OH excluding ortho intramolecular Hbond substituents is 1. The summed E-state index contributed by atoms with van der Waals surface area (Å²) < 4.78 is 5.51. The number of benzene rings is 3. The first kappa shape index (κ1) is 24.1. The zero-order valence-electron chi connectivity index (χ0n) is 20.9. The van der Waals surface area contributed by atoms with Crippen molar-refractivity contribution in [3.05, 3.63) is 89.0 Å². The van der Waals surface area contributed by atoms with Crippen LogP contribution in [0.15, 0.2) is 72.3 Å². The van der Waals surface area contributed by atoms with Crippen molar-refractivity contribution >= 4 is 34.4 Å². The van der Waals surface area contributed by atoms with Gasteiger partial charge in [0.05, 0.1) is 29.8 Å². The van der Waals surface area contributed by atoms with Gasteiger partial charge in [-0.15, -0.1) is 0 Å². The smallest absolute Gasteiger partial charge is 0.302 e. The lowest BCUT2D eigenvalue weighted by atomic mass is 9.84. The number of fused-ring (bicyclic) bond motifs is 1. The molecule has 3 aromatic carbocycles. The normalized spacial score (nSPS) is 17.5. The van der Waals surface area contributed by atoms with Gasteiger partial charge in [0, 0.05) is 11.1 Å². The Morgan fingerprint density at radius 1 is 1.03 bits per heavy atom. The number of H-pyrrole nitrogens is 1. The molecule has 0 spiro atoms. The monoisotopic (exact) mass is 497 g/mol. The molecule has 4 aromatic rings. The minimum absolute atomic E-state index is 0.0365. The number of para-hydroxylation sites is 2. The molecule has 0 bridgehead atoms. The zero-order chi connectivity index (χ0) is 26.5. The highest BCUT2D eigenvalue weighted by atomic mass is 16.5. The molecule has 188 valence electrons. The summed E-state index contributed by atoms with van der Waals surface area (Å²) in [5.74, 6) is -1.07. The molecule has 1 aromatic heterocycles. The summed E-state index contributed by atoms with van der Waals surface area (Å²) in [6.07, 6.45) is 0. The molecule has 2 heterocycles. The Bertz CT molecular complexity index is 1530. The van der Waals surface area contributed by atoms with Crippen molar-refractivity contribution in [1.82, 2.24) is 9.97 Å². The number of anilines is 1. The first-order valence-electron chi connectivity index (χ1n) is 11.8.